The highest BCUT2D eigenvalue weighted by atomic mass is 19.1. The molecule has 0 amide bonds. The van der Waals surface area contributed by atoms with Gasteiger partial charge in [0.2, 0.25) is 0 Å². The molecule has 1 saturated heterocycles. The van der Waals surface area contributed by atoms with E-state index in [1.807, 2.05) is 30.3 Å². The molecule has 1 unspecified atom stereocenters. The number of benzene rings is 2. The Labute approximate surface area is 166 Å². The van der Waals surface area contributed by atoms with Gasteiger partial charge in [-0.3, -0.25) is 0 Å². The predicted molar refractivity (Wildman–Crippen MR) is 109 cm³/mol. The molecule has 2 aliphatic rings. The third-order valence-corrected chi connectivity index (χ3v) is 6.71. The van der Waals surface area contributed by atoms with Gasteiger partial charge in [0.25, 0.3) is 0 Å². The maximum Gasteiger partial charge on any atom is 0.123 e. The fourth-order valence-electron chi connectivity index (χ4n) is 5.18. The van der Waals surface area contributed by atoms with Gasteiger partial charge < -0.3 is 15.2 Å². The van der Waals surface area contributed by atoms with Crippen LogP contribution in [-0.2, 0) is 16.7 Å². The minimum Gasteiger partial charge on any atom is -0.508 e. The van der Waals surface area contributed by atoms with Crippen LogP contribution in [0.4, 0.5) is 4.39 Å². The minimum atomic E-state index is -0.181. The average Bonchev–Trinajstić information content (AvgIpc) is 3.14. The number of para-hydroxylation sites is 1. The number of phenolic OH excluding ortho intramolecular Hbond substituents is 1. The number of nitrogens with one attached hydrogen (secondary N) is 1. The van der Waals surface area contributed by atoms with E-state index in [0.717, 1.165) is 50.8 Å². The number of halogens is 1. The van der Waals surface area contributed by atoms with E-state index >= 15 is 0 Å². The summed E-state index contributed by atoms with van der Waals surface area (Å²) in [6.45, 7) is 2.27. The van der Waals surface area contributed by atoms with E-state index in [4.69, 9.17) is 4.74 Å². The van der Waals surface area contributed by atoms with Gasteiger partial charge in [0.1, 0.15) is 11.6 Å². The maximum absolute atomic E-state index is 13.5. The molecular weight excluding hydrogens is 353 g/mol. The molecule has 150 valence electrons. The van der Waals surface area contributed by atoms with E-state index < -0.39 is 0 Å². The lowest BCUT2D eigenvalue weighted by atomic mass is 9.66. The summed E-state index contributed by atoms with van der Waals surface area (Å²) in [6.07, 6.45) is 7.73. The monoisotopic (exact) mass is 383 g/mol. The molecule has 1 aliphatic carbocycles. The molecule has 4 rings (SSSR count). The van der Waals surface area contributed by atoms with Crippen molar-refractivity contribution >= 4 is 0 Å². The van der Waals surface area contributed by atoms with Crippen LogP contribution in [0.5, 0.6) is 5.75 Å². The minimum absolute atomic E-state index is 0.00430. The molecular formula is C24H30FNO2. The molecule has 0 radical (unpaired) electrons. The van der Waals surface area contributed by atoms with Gasteiger partial charge in [-0.2, -0.15) is 0 Å². The first-order valence-corrected chi connectivity index (χ1v) is 10.5. The molecule has 1 saturated carbocycles. The van der Waals surface area contributed by atoms with Crippen molar-refractivity contribution in [2.24, 2.45) is 0 Å². The summed E-state index contributed by atoms with van der Waals surface area (Å²) in [5, 5.41) is 13.5. The van der Waals surface area contributed by atoms with Gasteiger partial charge in [0.15, 0.2) is 0 Å². The zero-order valence-corrected chi connectivity index (χ0v) is 16.4. The van der Waals surface area contributed by atoms with Gasteiger partial charge in [0.05, 0.1) is 5.60 Å². The highest BCUT2D eigenvalue weighted by molar-refractivity contribution is 5.31. The number of aromatic hydroxyl groups is 1. The highest BCUT2D eigenvalue weighted by Gasteiger charge is 2.47. The molecule has 2 aromatic carbocycles. The molecule has 28 heavy (non-hydrogen) atoms. The zero-order chi connectivity index (χ0) is 19.5. The fourth-order valence-corrected chi connectivity index (χ4v) is 5.18. The Kier molecular flexibility index (Phi) is 5.70. The first-order valence-electron chi connectivity index (χ1n) is 10.5. The summed E-state index contributed by atoms with van der Waals surface area (Å²) in [6, 6.07) is 14.6. The van der Waals surface area contributed by atoms with Crippen molar-refractivity contribution in [1.82, 2.24) is 5.32 Å². The first kappa shape index (κ1) is 19.4. The second-order valence-corrected chi connectivity index (χ2v) is 8.51. The van der Waals surface area contributed by atoms with Crippen molar-refractivity contribution in [3.05, 3.63) is 65.5 Å². The topological polar surface area (TPSA) is 41.5 Å². The Morgan fingerprint density at radius 1 is 1.00 bits per heavy atom. The largest absolute Gasteiger partial charge is 0.508 e. The van der Waals surface area contributed by atoms with Gasteiger partial charge in [-0.15, -0.1) is 0 Å². The summed E-state index contributed by atoms with van der Waals surface area (Å²) >= 11 is 0. The molecule has 1 spiro atoms. The summed E-state index contributed by atoms with van der Waals surface area (Å²) in [5.41, 5.74) is 2.16. The van der Waals surface area contributed by atoms with Gasteiger partial charge in [-0.05, 0) is 62.4 Å². The predicted octanol–water partition coefficient (Wildman–Crippen LogP) is 5.07. The Hall–Kier alpha value is -1.91. The van der Waals surface area contributed by atoms with Crippen LogP contribution in [-0.4, -0.2) is 23.9 Å². The smallest absolute Gasteiger partial charge is 0.123 e. The summed E-state index contributed by atoms with van der Waals surface area (Å²) in [5.74, 6) is 0.151. The van der Waals surface area contributed by atoms with E-state index in [0.29, 0.717) is 12.3 Å². The molecule has 3 nitrogen and oxygen atoms in total. The molecule has 1 heterocycles. The normalized spacial score (nSPS) is 23.9. The zero-order valence-electron chi connectivity index (χ0n) is 16.4. The number of phenols is 1. The SMILES string of the molecule is Oc1ccccc1CNCCC1(c2ccc(F)cc2)CCOC2(CCCC2)C1. The Morgan fingerprint density at radius 2 is 1.75 bits per heavy atom. The second-order valence-electron chi connectivity index (χ2n) is 8.51. The van der Waals surface area contributed by atoms with Crippen molar-refractivity contribution in [3.8, 4) is 5.75 Å². The van der Waals surface area contributed by atoms with Crippen LogP contribution in [0, 0.1) is 5.82 Å². The molecule has 2 fully saturated rings. The van der Waals surface area contributed by atoms with Gasteiger partial charge >= 0.3 is 0 Å². The fraction of sp³-hybridized carbons (Fsp3) is 0.500. The molecule has 2 N–H and O–H groups in total. The van der Waals surface area contributed by atoms with Crippen molar-refractivity contribution in [2.75, 3.05) is 13.2 Å². The lowest BCUT2D eigenvalue weighted by molar-refractivity contribution is -0.103. The van der Waals surface area contributed by atoms with Crippen LogP contribution in [0.2, 0.25) is 0 Å². The van der Waals surface area contributed by atoms with Crippen LogP contribution in [0.15, 0.2) is 48.5 Å². The van der Waals surface area contributed by atoms with Crippen molar-refractivity contribution in [1.29, 1.82) is 0 Å². The Balaban J connectivity index is 1.48. The van der Waals surface area contributed by atoms with E-state index in [2.05, 4.69) is 5.32 Å². The van der Waals surface area contributed by atoms with E-state index in [9.17, 15) is 9.50 Å². The van der Waals surface area contributed by atoms with Gasteiger partial charge in [-0.25, -0.2) is 4.39 Å². The average molecular weight is 384 g/mol. The van der Waals surface area contributed by atoms with Gasteiger partial charge in [-0.1, -0.05) is 43.2 Å². The summed E-state index contributed by atoms with van der Waals surface area (Å²) < 4.78 is 19.8. The quantitative estimate of drug-likeness (QED) is 0.684. The molecule has 0 aromatic heterocycles. The molecule has 0 bridgehead atoms. The number of rotatable bonds is 6. The Morgan fingerprint density at radius 3 is 2.50 bits per heavy atom. The molecule has 2 aromatic rings. The standard InChI is InChI=1S/C24H30FNO2/c25-21-9-7-20(8-10-21)23(14-16-28-24(18-23)11-3-4-12-24)13-15-26-17-19-5-1-2-6-22(19)27/h1-2,5-10,26-27H,3-4,11-18H2. The van der Waals surface area contributed by atoms with Crippen molar-refractivity contribution < 1.29 is 14.2 Å². The highest BCUT2D eigenvalue weighted by Crippen LogP contribution is 2.50. The van der Waals surface area contributed by atoms with E-state index in [1.165, 1.54) is 18.4 Å². The number of hydrogen-bond donors (Lipinski definition) is 2. The van der Waals surface area contributed by atoms with Crippen LogP contribution >= 0.6 is 0 Å². The van der Waals surface area contributed by atoms with Crippen LogP contribution in [0.3, 0.4) is 0 Å². The van der Waals surface area contributed by atoms with Crippen LogP contribution < -0.4 is 5.32 Å². The number of ether oxygens (including phenoxy) is 1. The van der Waals surface area contributed by atoms with Crippen LogP contribution in [0.25, 0.3) is 0 Å². The third kappa shape index (κ3) is 4.08. The Bertz CT molecular complexity index is 785. The van der Waals surface area contributed by atoms with E-state index in [1.54, 1.807) is 18.2 Å². The third-order valence-electron chi connectivity index (χ3n) is 6.71. The summed E-state index contributed by atoms with van der Waals surface area (Å²) in [4.78, 5) is 0. The number of hydrogen-bond acceptors (Lipinski definition) is 3. The van der Waals surface area contributed by atoms with Gasteiger partial charge in [0, 0.05) is 24.1 Å². The van der Waals surface area contributed by atoms with Crippen LogP contribution in [0.1, 0.15) is 56.1 Å². The van der Waals surface area contributed by atoms with Crippen molar-refractivity contribution in [3.63, 3.8) is 0 Å². The molecule has 4 heteroatoms. The van der Waals surface area contributed by atoms with E-state index in [-0.39, 0.29) is 16.8 Å². The van der Waals surface area contributed by atoms with Crippen molar-refractivity contribution in [2.45, 2.75) is 62.5 Å². The summed E-state index contributed by atoms with van der Waals surface area (Å²) in [7, 11) is 0. The molecule has 1 aliphatic heterocycles. The molecule has 1 atom stereocenters. The maximum atomic E-state index is 13.5. The first-order chi connectivity index (χ1) is 13.6. The lowest BCUT2D eigenvalue weighted by Crippen LogP contribution is -2.47. The lowest BCUT2D eigenvalue weighted by Gasteiger charge is -2.47. The second kappa shape index (κ2) is 8.22.